The Labute approximate surface area is 127 Å². The maximum absolute atomic E-state index is 8.92. The van der Waals surface area contributed by atoms with Gasteiger partial charge in [-0.2, -0.15) is 0 Å². The van der Waals surface area contributed by atoms with Gasteiger partial charge in [-0.15, -0.1) is 0 Å². The molecule has 1 fully saturated rings. The van der Waals surface area contributed by atoms with E-state index in [2.05, 4.69) is 41.2 Å². The topological polar surface area (TPSA) is 65.1 Å². The van der Waals surface area contributed by atoms with Gasteiger partial charge in [0.15, 0.2) is 0 Å². The van der Waals surface area contributed by atoms with Gasteiger partial charge in [-0.3, -0.25) is 4.90 Å². The first-order valence-corrected chi connectivity index (χ1v) is 7.53. The average molecular weight is 290 g/mol. The molecule has 2 rings (SSSR count). The van der Waals surface area contributed by atoms with Crippen molar-refractivity contribution in [3.8, 4) is 0 Å². The van der Waals surface area contributed by atoms with E-state index in [0.29, 0.717) is 18.3 Å². The summed E-state index contributed by atoms with van der Waals surface area (Å²) in [6, 6.07) is 11.1. The molecule has 0 amide bonds. The molecule has 5 heteroatoms. The van der Waals surface area contributed by atoms with Crippen LogP contribution in [0.1, 0.15) is 30.9 Å². The van der Waals surface area contributed by atoms with Gasteiger partial charge < -0.3 is 15.8 Å². The van der Waals surface area contributed by atoms with Gasteiger partial charge in [0, 0.05) is 25.0 Å². The van der Waals surface area contributed by atoms with Crippen molar-refractivity contribution >= 4 is 5.84 Å². The van der Waals surface area contributed by atoms with Gasteiger partial charge >= 0.3 is 0 Å². The Morgan fingerprint density at radius 3 is 2.76 bits per heavy atom. The molecule has 116 valence electrons. The van der Waals surface area contributed by atoms with Crippen LogP contribution in [-0.2, 0) is 0 Å². The molecule has 0 aromatic heterocycles. The Hall–Kier alpha value is -1.59. The highest BCUT2D eigenvalue weighted by molar-refractivity contribution is 5.80. The number of likely N-dealkylation sites (tertiary alicyclic amines) is 1. The standard InChI is InChI=1S/C16H26N4O/c1-19(2)12-14-9-6-10-20(14)15(11-16(17)18-21)13-7-4-3-5-8-13/h3-5,7-8,14-15,21H,6,9-12H2,1-2H3,(H2,17,18). The van der Waals surface area contributed by atoms with Gasteiger partial charge in [0.1, 0.15) is 5.84 Å². The molecule has 1 aliphatic heterocycles. The molecule has 0 radical (unpaired) electrons. The molecule has 2 unspecified atom stereocenters. The number of nitrogens with zero attached hydrogens (tertiary/aromatic N) is 3. The van der Waals surface area contributed by atoms with Gasteiger partial charge in [-0.25, -0.2) is 0 Å². The summed E-state index contributed by atoms with van der Waals surface area (Å²) >= 11 is 0. The summed E-state index contributed by atoms with van der Waals surface area (Å²) in [4.78, 5) is 4.74. The maximum atomic E-state index is 8.92. The molecule has 0 bridgehead atoms. The number of hydrogen-bond acceptors (Lipinski definition) is 4. The lowest BCUT2D eigenvalue weighted by molar-refractivity contribution is 0.154. The second kappa shape index (κ2) is 7.43. The lowest BCUT2D eigenvalue weighted by atomic mass is 10.0. The fraction of sp³-hybridized carbons (Fsp3) is 0.562. The molecule has 21 heavy (non-hydrogen) atoms. The predicted octanol–water partition coefficient (Wildman–Crippen LogP) is 1.89. The van der Waals surface area contributed by atoms with Gasteiger partial charge in [-0.05, 0) is 39.0 Å². The first-order valence-electron chi connectivity index (χ1n) is 7.53. The molecule has 1 aromatic carbocycles. The second-order valence-corrected chi connectivity index (χ2v) is 6.02. The van der Waals surface area contributed by atoms with Crippen molar-refractivity contribution in [3.05, 3.63) is 35.9 Å². The minimum Gasteiger partial charge on any atom is -0.409 e. The Bertz CT molecular complexity index is 461. The SMILES string of the molecule is CN(C)CC1CCCN1C(CC(N)=NO)c1ccccc1. The van der Waals surface area contributed by atoms with Crippen LogP contribution in [0.3, 0.4) is 0 Å². The van der Waals surface area contributed by atoms with Crippen molar-refractivity contribution < 1.29 is 5.21 Å². The molecule has 0 aliphatic carbocycles. The van der Waals surface area contributed by atoms with Crippen LogP contribution >= 0.6 is 0 Å². The third-order valence-electron chi connectivity index (χ3n) is 4.11. The molecule has 2 atom stereocenters. The summed E-state index contributed by atoms with van der Waals surface area (Å²) in [7, 11) is 4.22. The number of likely N-dealkylation sites (N-methyl/N-ethyl adjacent to an activating group) is 1. The third-order valence-corrected chi connectivity index (χ3v) is 4.11. The summed E-state index contributed by atoms with van der Waals surface area (Å²) in [5.74, 6) is 0.291. The van der Waals surface area contributed by atoms with E-state index in [4.69, 9.17) is 10.9 Å². The van der Waals surface area contributed by atoms with E-state index in [1.165, 1.54) is 18.4 Å². The zero-order chi connectivity index (χ0) is 15.2. The van der Waals surface area contributed by atoms with E-state index in [9.17, 15) is 0 Å². The summed E-state index contributed by atoms with van der Waals surface area (Å²) in [6.07, 6.45) is 2.97. The van der Waals surface area contributed by atoms with Crippen LogP contribution in [0, 0.1) is 0 Å². The van der Waals surface area contributed by atoms with Crippen LogP contribution in [0.2, 0.25) is 0 Å². The van der Waals surface area contributed by atoms with E-state index in [1.807, 2.05) is 18.2 Å². The van der Waals surface area contributed by atoms with Gasteiger partial charge in [0.2, 0.25) is 0 Å². The zero-order valence-electron chi connectivity index (χ0n) is 12.9. The van der Waals surface area contributed by atoms with Crippen LogP contribution in [-0.4, -0.2) is 54.1 Å². The van der Waals surface area contributed by atoms with Crippen LogP contribution in [0.4, 0.5) is 0 Å². The molecule has 1 aromatic rings. The summed E-state index contributed by atoms with van der Waals surface area (Å²) < 4.78 is 0. The number of benzene rings is 1. The van der Waals surface area contributed by atoms with Crippen molar-refractivity contribution in [2.75, 3.05) is 27.2 Å². The van der Waals surface area contributed by atoms with Crippen molar-refractivity contribution in [2.24, 2.45) is 10.9 Å². The second-order valence-electron chi connectivity index (χ2n) is 6.02. The van der Waals surface area contributed by atoms with Crippen molar-refractivity contribution in [2.45, 2.75) is 31.3 Å². The molecule has 0 saturated carbocycles. The number of hydrogen-bond donors (Lipinski definition) is 2. The fourth-order valence-electron chi connectivity index (χ4n) is 3.23. The van der Waals surface area contributed by atoms with Crippen LogP contribution in [0.25, 0.3) is 0 Å². The minimum absolute atomic E-state index is 0.176. The Morgan fingerprint density at radius 2 is 2.14 bits per heavy atom. The van der Waals surface area contributed by atoms with Gasteiger partial charge in [0.25, 0.3) is 0 Å². The normalized spacial score (nSPS) is 21.9. The molecular formula is C16H26N4O. The largest absolute Gasteiger partial charge is 0.409 e. The Balaban J connectivity index is 2.22. The van der Waals surface area contributed by atoms with E-state index < -0.39 is 0 Å². The number of rotatable bonds is 6. The average Bonchev–Trinajstić information content (AvgIpc) is 2.92. The first-order chi connectivity index (χ1) is 10.1. The predicted molar refractivity (Wildman–Crippen MR) is 85.5 cm³/mol. The van der Waals surface area contributed by atoms with Crippen molar-refractivity contribution in [1.82, 2.24) is 9.80 Å². The molecule has 1 aliphatic rings. The van der Waals surface area contributed by atoms with Crippen LogP contribution in [0.15, 0.2) is 35.5 Å². The number of nitrogens with two attached hydrogens (primary N) is 1. The Kier molecular flexibility index (Phi) is 5.59. The molecule has 1 heterocycles. The summed E-state index contributed by atoms with van der Waals surface area (Å²) in [5.41, 5.74) is 7.02. The number of amidine groups is 1. The van der Waals surface area contributed by atoms with Crippen molar-refractivity contribution in [1.29, 1.82) is 0 Å². The Morgan fingerprint density at radius 1 is 1.43 bits per heavy atom. The highest BCUT2D eigenvalue weighted by Gasteiger charge is 2.32. The van der Waals surface area contributed by atoms with Gasteiger partial charge in [0.05, 0.1) is 0 Å². The van der Waals surface area contributed by atoms with Gasteiger partial charge in [-0.1, -0.05) is 35.5 Å². The molecule has 1 saturated heterocycles. The summed E-state index contributed by atoms with van der Waals surface area (Å²) in [5, 5.41) is 12.1. The summed E-state index contributed by atoms with van der Waals surface area (Å²) in [6.45, 7) is 2.11. The number of oxime groups is 1. The first kappa shape index (κ1) is 15.8. The van der Waals surface area contributed by atoms with E-state index >= 15 is 0 Å². The molecule has 5 nitrogen and oxygen atoms in total. The quantitative estimate of drug-likeness (QED) is 0.363. The van der Waals surface area contributed by atoms with Crippen molar-refractivity contribution in [3.63, 3.8) is 0 Å². The van der Waals surface area contributed by atoms with E-state index in [1.54, 1.807) is 0 Å². The lowest BCUT2D eigenvalue weighted by Crippen LogP contribution is -2.41. The highest BCUT2D eigenvalue weighted by Crippen LogP contribution is 2.32. The van der Waals surface area contributed by atoms with E-state index in [0.717, 1.165) is 13.1 Å². The third kappa shape index (κ3) is 4.19. The smallest absolute Gasteiger partial charge is 0.141 e. The van der Waals surface area contributed by atoms with Crippen LogP contribution in [0.5, 0.6) is 0 Å². The highest BCUT2D eigenvalue weighted by atomic mass is 16.4. The van der Waals surface area contributed by atoms with E-state index in [-0.39, 0.29) is 6.04 Å². The molecule has 3 N–H and O–H groups in total. The lowest BCUT2D eigenvalue weighted by Gasteiger charge is -2.34. The fourth-order valence-corrected chi connectivity index (χ4v) is 3.23. The zero-order valence-corrected chi connectivity index (χ0v) is 12.9. The molecule has 0 spiro atoms. The monoisotopic (exact) mass is 290 g/mol. The maximum Gasteiger partial charge on any atom is 0.141 e. The van der Waals surface area contributed by atoms with Crippen LogP contribution < -0.4 is 5.73 Å². The molecular weight excluding hydrogens is 264 g/mol. The minimum atomic E-state index is 0.176.